The fraction of sp³-hybridized carbons (Fsp3) is 0.222. The molecule has 4 aromatic rings. The van der Waals surface area contributed by atoms with Crippen molar-refractivity contribution < 1.29 is 4.79 Å². The number of benzene rings is 3. The third-order valence-electron chi connectivity index (χ3n) is 6.29. The van der Waals surface area contributed by atoms with Crippen LogP contribution in [0.1, 0.15) is 52.9 Å². The molecular formula is C27H25N3O2. The number of carbonyl (C=O) groups is 1. The van der Waals surface area contributed by atoms with Gasteiger partial charge in [-0.1, -0.05) is 30.3 Å². The van der Waals surface area contributed by atoms with Crippen LogP contribution in [-0.4, -0.2) is 15.5 Å². The molecule has 1 aromatic heterocycles. The number of para-hydroxylation sites is 1. The smallest absolute Gasteiger partial charge is 0.265 e. The topological polar surface area (TPSA) is 64.0 Å². The van der Waals surface area contributed by atoms with E-state index in [1.54, 1.807) is 30.3 Å². The molecule has 5 rings (SSSR count). The van der Waals surface area contributed by atoms with Crippen molar-refractivity contribution in [1.82, 2.24) is 14.9 Å². The molecule has 1 amide bonds. The van der Waals surface area contributed by atoms with Crippen LogP contribution in [0.5, 0.6) is 0 Å². The number of amides is 1. The summed E-state index contributed by atoms with van der Waals surface area (Å²) < 4.78 is 1.50. The number of hydrogen-bond donors (Lipinski definition) is 1. The minimum Gasteiger partial charge on any atom is -0.346 e. The summed E-state index contributed by atoms with van der Waals surface area (Å²) in [6.07, 6.45) is 6.29. The zero-order valence-corrected chi connectivity index (χ0v) is 18.0. The second-order valence-electron chi connectivity index (χ2n) is 8.41. The molecule has 0 spiro atoms. The van der Waals surface area contributed by atoms with Gasteiger partial charge in [-0.05, 0) is 85.7 Å². The average Bonchev–Trinajstić information content (AvgIpc) is 2.84. The maximum absolute atomic E-state index is 12.8. The maximum Gasteiger partial charge on any atom is 0.265 e. The third kappa shape index (κ3) is 3.82. The number of carbonyl (C=O) groups excluding carboxylic acids is 1. The lowest BCUT2D eigenvalue weighted by atomic mass is 9.89. The van der Waals surface area contributed by atoms with E-state index in [2.05, 4.69) is 28.5 Å². The van der Waals surface area contributed by atoms with E-state index in [1.165, 1.54) is 34.9 Å². The summed E-state index contributed by atoms with van der Waals surface area (Å²) in [4.78, 5) is 30.0. The Morgan fingerprint density at radius 3 is 2.53 bits per heavy atom. The minimum atomic E-state index is -0.134. The first-order chi connectivity index (χ1) is 15.6. The van der Waals surface area contributed by atoms with E-state index in [9.17, 15) is 9.59 Å². The van der Waals surface area contributed by atoms with E-state index in [0.717, 1.165) is 18.4 Å². The lowest BCUT2D eigenvalue weighted by molar-refractivity contribution is 0.0940. The number of nitrogens with zero attached hydrogens (tertiary/aromatic N) is 2. The Morgan fingerprint density at radius 1 is 0.969 bits per heavy atom. The van der Waals surface area contributed by atoms with Gasteiger partial charge < -0.3 is 5.32 Å². The number of aryl methyl sites for hydroxylation is 2. The summed E-state index contributed by atoms with van der Waals surface area (Å²) in [6, 6.07) is 20.8. The van der Waals surface area contributed by atoms with Gasteiger partial charge in [0, 0.05) is 5.56 Å². The van der Waals surface area contributed by atoms with E-state index < -0.39 is 0 Å². The molecule has 1 unspecified atom stereocenters. The first-order valence-electron chi connectivity index (χ1n) is 11.1. The first-order valence-corrected chi connectivity index (χ1v) is 11.1. The van der Waals surface area contributed by atoms with Crippen molar-refractivity contribution >= 4 is 16.8 Å². The van der Waals surface area contributed by atoms with Crippen molar-refractivity contribution in [2.45, 2.75) is 38.6 Å². The largest absolute Gasteiger partial charge is 0.346 e. The van der Waals surface area contributed by atoms with Crippen molar-refractivity contribution in [1.29, 1.82) is 0 Å². The number of fused-ring (bicyclic) bond motifs is 2. The number of hydrogen-bond acceptors (Lipinski definition) is 3. The summed E-state index contributed by atoms with van der Waals surface area (Å²) in [7, 11) is 0. The predicted octanol–water partition coefficient (Wildman–Crippen LogP) is 4.76. The number of aromatic nitrogens is 2. The van der Waals surface area contributed by atoms with Crippen molar-refractivity contribution in [2.24, 2.45) is 0 Å². The van der Waals surface area contributed by atoms with Gasteiger partial charge in [-0.25, -0.2) is 4.98 Å². The van der Waals surface area contributed by atoms with Crippen LogP contribution in [0.2, 0.25) is 0 Å². The van der Waals surface area contributed by atoms with Gasteiger partial charge in [0.05, 0.1) is 22.6 Å². The lowest BCUT2D eigenvalue weighted by Crippen LogP contribution is -2.27. The summed E-state index contributed by atoms with van der Waals surface area (Å²) in [5.41, 5.74) is 5.74. The van der Waals surface area contributed by atoms with Crippen LogP contribution in [0.15, 0.2) is 77.9 Å². The Hall–Kier alpha value is -3.73. The number of rotatable bonds is 4. The van der Waals surface area contributed by atoms with Gasteiger partial charge in [0.15, 0.2) is 0 Å². The van der Waals surface area contributed by atoms with E-state index in [0.29, 0.717) is 22.2 Å². The standard InChI is InChI=1S/C27H25N3O2/c1-18(21-11-10-19-6-2-3-7-22(19)16-21)29-26(31)20-12-14-23(15-13-20)30-17-28-25-9-5-4-8-24(25)27(30)32/h4-5,8-18H,2-3,6-7H2,1H3,(H,29,31). The second-order valence-corrected chi connectivity index (χ2v) is 8.41. The molecule has 1 heterocycles. The highest BCUT2D eigenvalue weighted by atomic mass is 16.1. The predicted molar refractivity (Wildman–Crippen MR) is 126 cm³/mol. The van der Waals surface area contributed by atoms with Gasteiger partial charge in [-0.3, -0.25) is 14.2 Å². The Morgan fingerprint density at radius 2 is 1.72 bits per heavy atom. The lowest BCUT2D eigenvalue weighted by Gasteiger charge is -2.20. The molecule has 5 nitrogen and oxygen atoms in total. The fourth-order valence-corrected chi connectivity index (χ4v) is 4.41. The van der Waals surface area contributed by atoms with Gasteiger partial charge in [0.1, 0.15) is 6.33 Å². The zero-order chi connectivity index (χ0) is 22.1. The Labute approximate surface area is 186 Å². The molecule has 0 saturated carbocycles. The number of nitrogens with one attached hydrogen (secondary N) is 1. The fourth-order valence-electron chi connectivity index (χ4n) is 4.41. The van der Waals surface area contributed by atoms with Gasteiger partial charge in [-0.2, -0.15) is 0 Å². The van der Waals surface area contributed by atoms with Crippen LogP contribution in [-0.2, 0) is 12.8 Å². The molecule has 0 bridgehead atoms. The molecule has 1 aliphatic carbocycles. The van der Waals surface area contributed by atoms with E-state index >= 15 is 0 Å². The van der Waals surface area contributed by atoms with Crippen LogP contribution in [0, 0.1) is 0 Å². The molecule has 0 saturated heterocycles. The van der Waals surface area contributed by atoms with Crippen LogP contribution >= 0.6 is 0 Å². The van der Waals surface area contributed by atoms with Crippen LogP contribution in [0.4, 0.5) is 0 Å². The zero-order valence-electron chi connectivity index (χ0n) is 18.0. The van der Waals surface area contributed by atoms with Crippen LogP contribution < -0.4 is 10.9 Å². The summed E-state index contributed by atoms with van der Waals surface area (Å²) in [6.45, 7) is 2.01. The van der Waals surface area contributed by atoms with Crippen molar-refractivity contribution in [3.63, 3.8) is 0 Å². The van der Waals surface area contributed by atoms with E-state index in [1.807, 2.05) is 25.1 Å². The summed E-state index contributed by atoms with van der Waals surface area (Å²) in [5, 5.41) is 3.66. The monoisotopic (exact) mass is 423 g/mol. The van der Waals surface area contributed by atoms with E-state index in [4.69, 9.17) is 0 Å². The molecule has 0 radical (unpaired) electrons. The quantitative estimate of drug-likeness (QED) is 0.515. The highest BCUT2D eigenvalue weighted by molar-refractivity contribution is 5.94. The SMILES string of the molecule is CC(NC(=O)c1ccc(-n2cnc3ccccc3c2=O)cc1)c1ccc2c(c1)CCCC2. The molecule has 1 N–H and O–H groups in total. The van der Waals surface area contributed by atoms with Gasteiger partial charge in [0.2, 0.25) is 0 Å². The Kier molecular flexibility index (Phi) is 5.31. The minimum absolute atomic E-state index is 0.0817. The van der Waals surface area contributed by atoms with Gasteiger partial charge in [0.25, 0.3) is 11.5 Å². The highest BCUT2D eigenvalue weighted by Gasteiger charge is 2.15. The molecule has 160 valence electrons. The molecule has 0 fully saturated rings. The van der Waals surface area contributed by atoms with Crippen molar-refractivity contribution in [3.05, 3.63) is 106 Å². The molecule has 3 aromatic carbocycles. The molecule has 1 aliphatic rings. The molecule has 32 heavy (non-hydrogen) atoms. The Bertz CT molecular complexity index is 1360. The first kappa shape index (κ1) is 20.2. The van der Waals surface area contributed by atoms with Crippen LogP contribution in [0.3, 0.4) is 0 Å². The normalized spacial score (nSPS) is 14.0. The average molecular weight is 424 g/mol. The summed E-state index contributed by atoms with van der Waals surface area (Å²) in [5.74, 6) is -0.134. The van der Waals surface area contributed by atoms with E-state index in [-0.39, 0.29) is 17.5 Å². The van der Waals surface area contributed by atoms with Gasteiger partial charge >= 0.3 is 0 Å². The Balaban J connectivity index is 1.33. The highest BCUT2D eigenvalue weighted by Crippen LogP contribution is 2.25. The van der Waals surface area contributed by atoms with Gasteiger partial charge in [-0.15, -0.1) is 0 Å². The molecule has 5 heteroatoms. The van der Waals surface area contributed by atoms with Crippen molar-refractivity contribution in [2.75, 3.05) is 0 Å². The summed E-state index contributed by atoms with van der Waals surface area (Å²) >= 11 is 0. The second kappa shape index (κ2) is 8.42. The maximum atomic E-state index is 12.8. The molecular weight excluding hydrogens is 398 g/mol. The third-order valence-corrected chi connectivity index (χ3v) is 6.29. The molecule has 0 aliphatic heterocycles. The van der Waals surface area contributed by atoms with Crippen LogP contribution in [0.25, 0.3) is 16.6 Å². The van der Waals surface area contributed by atoms with Crippen molar-refractivity contribution in [3.8, 4) is 5.69 Å². The molecule has 1 atom stereocenters.